The number of aromatic nitrogens is 2. The Morgan fingerprint density at radius 2 is 1.73 bits per heavy atom. The third kappa shape index (κ3) is 1.70. The van der Waals surface area contributed by atoms with E-state index in [9.17, 15) is 13.2 Å². The highest BCUT2D eigenvalue weighted by molar-refractivity contribution is 6.29. The summed E-state index contributed by atoms with van der Waals surface area (Å²) >= 11 is 5.68. The lowest BCUT2D eigenvalue weighted by molar-refractivity contribution is 0.446. The maximum Gasteiger partial charge on any atom is 0.194 e. The molecule has 0 bridgehead atoms. The van der Waals surface area contributed by atoms with E-state index in [1.807, 2.05) is 0 Å². The average Bonchev–Trinajstić information content (AvgIpc) is 2.60. The molecule has 0 atom stereocenters. The number of rotatable bonds is 1. The summed E-state index contributed by atoms with van der Waals surface area (Å²) in [5.41, 5.74) is 0.0291. The summed E-state index contributed by atoms with van der Waals surface area (Å²) in [5.74, 6) is -4.07. The molecule has 0 amide bonds. The lowest BCUT2D eigenvalue weighted by atomic mass is 10.3. The molecule has 2 rings (SSSR count). The average molecular weight is 233 g/mol. The van der Waals surface area contributed by atoms with E-state index < -0.39 is 17.5 Å². The fraction of sp³-hybridized carbons (Fsp3) is 0. The maximum atomic E-state index is 12.9. The van der Waals surface area contributed by atoms with Gasteiger partial charge in [0.25, 0.3) is 0 Å². The van der Waals surface area contributed by atoms with E-state index >= 15 is 0 Å². The summed E-state index contributed by atoms with van der Waals surface area (Å²) in [6.45, 7) is 0. The molecule has 1 heterocycles. The van der Waals surface area contributed by atoms with Crippen LogP contribution in [0.4, 0.5) is 13.2 Å². The molecule has 0 spiro atoms. The second kappa shape index (κ2) is 3.58. The van der Waals surface area contributed by atoms with Crippen molar-refractivity contribution in [2.45, 2.75) is 0 Å². The molecule has 0 aliphatic rings. The molecule has 6 heteroatoms. The normalized spacial score (nSPS) is 10.7. The second-order valence-electron chi connectivity index (χ2n) is 2.79. The van der Waals surface area contributed by atoms with Crippen LogP contribution < -0.4 is 0 Å². The zero-order chi connectivity index (χ0) is 11.0. The van der Waals surface area contributed by atoms with Gasteiger partial charge in [-0.15, -0.1) is 0 Å². The van der Waals surface area contributed by atoms with E-state index in [0.29, 0.717) is 0 Å². The van der Waals surface area contributed by atoms with Gasteiger partial charge in [-0.1, -0.05) is 11.6 Å². The standard InChI is InChI=1S/C9H4ClF3N2/c10-8-1-2-14-15(8)5-3-6(11)9(13)7(12)4-5/h1-4H. The predicted molar refractivity (Wildman–Crippen MR) is 48.4 cm³/mol. The Balaban J connectivity index is 2.60. The Morgan fingerprint density at radius 1 is 1.13 bits per heavy atom. The topological polar surface area (TPSA) is 17.8 Å². The first-order valence-electron chi connectivity index (χ1n) is 3.94. The smallest absolute Gasteiger partial charge is 0.194 e. The fourth-order valence-electron chi connectivity index (χ4n) is 1.14. The van der Waals surface area contributed by atoms with Crippen molar-refractivity contribution in [3.63, 3.8) is 0 Å². The molecule has 0 aliphatic carbocycles. The van der Waals surface area contributed by atoms with Gasteiger partial charge in [0.2, 0.25) is 0 Å². The van der Waals surface area contributed by atoms with Crippen LogP contribution in [0.3, 0.4) is 0 Å². The Morgan fingerprint density at radius 3 is 2.20 bits per heavy atom. The lowest BCUT2D eigenvalue weighted by Gasteiger charge is -2.04. The van der Waals surface area contributed by atoms with E-state index in [1.165, 1.54) is 12.3 Å². The van der Waals surface area contributed by atoms with Crippen LogP contribution in [-0.2, 0) is 0 Å². The number of hydrogen-bond acceptors (Lipinski definition) is 1. The molecular formula is C9H4ClF3N2. The number of hydrogen-bond donors (Lipinski definition) is 0. The van der Waals surface area contributed by atoms with Crippen molar-refractivity contribution in [3.8, 4) is 5.69 Å². The molecule has 0 fully saturated rings. The molecule has 0 radical (unpaired) electrons. The summed E-state index contributed by atoms with van der Waals surface area (Å²) < 4.78 is 39.5. The SMILES string of the molecule is Fc1cc(-n2nccc2Cl)cc(F)c1F. The highest BCUT2D eigenvalue weighted by Gasteiger charge is 2.12. The Labute approximate surface area is 87.9 Å². The van der Waals surface area contributed by atoms with Crippen LogP contribution in [0.2, 0.25) is 5.15 Å². The van der Waals surface area contributed by atoms with Gasteiger partial charge in [0.1, 0.15) is 5.15 Å². The minimum atomic E-state index is -1.51. The van der Waals surface area contributed by atoms with Crippen molar-refractivity contribution in [1.29, 1.82) is 0 Å². The first-order chi connectivity index (χ1) is 7.09. The van der Waals surface area contributed by atoms with Gasteiger partial charge in [-0.25, -0.2) is 17.9 Å². The summed E-state index contributed by atoms with van der Waals surface area (Å²) in [4.78, 5) is 0. The van der Waals surface area contributed by atoms with E-state index in [1.54, 1.807) is 0 Å². The van der Waals surface area contributed by atoms with Crippen LogP contribution in [0, 0.1) is 17.5 Å². The molecule has 0 unspecified atom stereocenters. The van der Waals surface area contributed by atoms with Crippen LogP contribution in [0.5, 0.6) is 0 Å². The molecule has 15 heavy (non-hydrogen) atoms. The summed E-state index contributed by atoms with van der Waals surface area (Å²) in [6.07, 6.45) is 1.36. The van der Waals surface area contributed by atoms with E-state index in [-0.39, 0.29) is 10.8 Å². The van der Waals surface area contributed by atoms with Crippen molar-refractivity contribution >= 4 is 11.6 Å². The Hall–Kier alpha value is -1.49. The molecule has 2 nitrogen and oxygen atoms in total. The third-order valence-corrected chi connectivity index (χ3v) is 2.10. The second-order valence-corrected chi connectivity index (χ2v) is 3.18. The maximum absolute atomic E-state index is 12.9. The monoisotopic (exact) mass is 232 g/mol. The zero-order valence-electron chi connectivity index (χ0n) is 7.22. The van der Waals surface area contributed by atoms with Crippen LogP contribution in [-0.4, -0.2) is 9.78 Å². The van der Waals surface area contributed by atoms with Crippen molar-refractivity contribution < 1.29 is 13.2 Å². The molecule has 2 aromatic rings. The highest BCUT2D eigenvalue weighted by atomic mass is 35.5. The van der Waals surface area contributed by atoms with Crippen LogP contribution in [0.15, 0.2) is 24.4 Å². The van der Waals surface area contributed by atoms with Gasteiger partial charge in [-0.3, -0.25) is 0 Å². The van der Waals surface area contributed by atoms with E-state index in [2.05, 4.69) is 5.10 Å². The number of halogens is 4. The fourth-order valence-corrected chi connectivity index (χ4v) is 1.34. The Bertz CT molecular complexity index is 487. The quantitative estimate of drug-likeness (QED) is 0.692. The Kier molecular flexibility index (Phi) is 2.40. The van der Waals surface area contributed by atoms with Gasteiger partial charge < -0.3 is 0 Å². The van der Waals surface area contributed by atoms with Gasteiger partial charge in [0.05, 0.1) is 11.9 Å². The van der Waals surface area contributed by atoms with Crippen molar-refractivity contribution in [1.82, 2.24) is 9.78 Å². The molecule has 0 aliphatic heterocycles. The van der Waals surface area contributed by atoms with Gasteiger partial charge in [-0.05, 0) is 6.07 Å². The lowest BCUT2D eigenvalue weighted by Crippen LogP contribution is -2.00. The number of nitrogens with zero attached hydrogens (tertiary/aromatic N) is 2. The molecule has 1 aromatic carbocycles. The van der Waals surface area contributed by atoms with Gasteiger partial charge in [0, 0.05) is 12.1 Å². The minimum Gasteiger partial charge on any atom is -0.222 e. The van der Waals surface area contributed by atoms with Crippen LogP contribution in [0.1, 0.15) is 0 Å². The van der Waals surface area contributed by atoms with Crippen molar-refractivity contribution in [3.05, 3.63) is 47.0 Å². The largest absolute Gasteiger partial charge is 0.222 e. The molecule has 78 valence electrons. The molecule has 0 saturated heterocycles. The molecule has 0 N–H and O–H groups in total. The van der Waals surface area contributed by atoms with Gasteiger partial charge >= 0.3 is 0 Å². The molecule has 1 aromatic heterocycles. The van der Waals surface area contributed by atoms with Crippen LogP contribution in [0.25, 0.3) is 5.69 Å². The predicted octanol–water partition coefficient (Wildman–Crippen LogP) is 2.94. The van der Waals surface area contributed by atoms with E-state index in [4.69, 9.17) is 11.6 Å². The van der Waals surface area contributed by atoms with Gasteiger partial charge in [-0.2, -0.15) is 5.10 Å². The zero-order valence-corrected chi connectivity index (χ0v) is 7.97. The third-order valence-electron chi connectivity index (χ3n) is 1.81. The van der Waals surface area contributed by atoms with Gasteiger partial charge in [0.15, 0.2) is 17.5 Å². The summed E-state index contributed by atoms with van der Waals surface area (Å²) in [6, 6.07) is 3.08. The summed E-state index contributed by atoms with van der Waals surface area (Å²) in [7, 11) is 0. The van der Waals surface area contributed by atoms with Crippen LogP contribution >= 0.6 is 11.6 Å². The van der Waals surface area contributed by atoms with Crippen molar-refractivity contribution in [2.24, 2.45) is 0 Å². The molecular weight excluding hydrogens is 229 g/mol. The highest BCUT2D eigenvalue weighted by Crippen LogP contribution is 2.19. The minimum absolute atomic E-state index is 0.0291. The summed E-state index contributed by atoms with van der Waals surface area (Å²) in [5, 5.41) is 3.91. The first kappa shape index (κ1) is 10.0. The van der Waals surface area contributed by atoms with E-state index in [0.717, 1.165) is 16.8 Å². The molecule has 0 saturated carbocycles. The first-order valence-corrected chi connectivity index (χ1v) is 4.32. The van der Waals surface area contributed by atoms with Crippen molar-refractivity contribution in [2.75, 3.05) is 0 Å². The number of benzene rings is 1.